The van der Waals surface area contributed by atoms with Crippen LogP contribution in [0, 0.1) is 5.82 Å². The molecule has 0 amide bonds. The van der Waals surface area contributed by atoms with Crippen molar-refractivity contribution in [3.8, 4) is 11.3 Å². The smallest absolute Gasteiger partial charge is 0.236 e. The van der Waals surface area contributed by atoms with Crippen LogP contribution in [-0.4, -0.2) is 50.2 Å². The van der Waals surface area contributed by atoms with Crippen LogP contribution in [0.15, 0.2) is 30.3 Å². The first kappa shape index (κ1) is 21.0. The lowest BCUT2D eigenvalue weighted by Crippen LogP contribution is -2.31. The maximum atomic E-state index is 13.9. The van der Waals surface area contributed by atoms with Gasteiger partial charge >= 0.3 is 0 Å². The highest BCUT2D eigenvalue weighted by Crippen LogP contribution is 2.32. The summed E-state index contributed by atoms with van der Waals surface area (Å²) in [7, 11) is -3.58. The van der Waals surface area contributed by atoms with Crippen LogP contribution in [0.5, 0.6) is 0 Å². The van der Waals surface area contributed by atoms with Gasteiger partial charge in [-0.25, -0.2) is 12.8 Å². The first-order valence-corrected chi connectivity index (χ1v) is 12.2. The summed E-state index contributed by atoms with van der Waals surface area (Å²) in [6.07, 6.45) is 5.75. The summed E-state index contributed by atoms with van der Waals surface area (Å²) < 4.78 is 46.7. The molecule has 9 heteroatoms. The van der Waals surface area contributed by atoms with Gasteiger partial charge in [0.2, 0.25) is 10.0 Å². The molecule has 162 valence electrons. The molecule has 0 saturated carbocycles. The van der Waals surface area contributed by atoms with E-state index >= 15 is 0 Å². The molecule has 2 fully saturated rings. The molecule has 0 radical (unpaired) electrons. The minimum absolute atomic E-state index is 0.0898. The van der Waals surface area contributed by atoms with Crippen molar-refractivity contribution in [2.75, 3.05) is 35.1 Å². The maximum absolute atomic E-state index is 13.9. The number of piperidine rings is 1. The van der Waals surface area contributed by atoms with Crippen LogP contribution >= 0.6 is 0 Å². The van der Waals surface area contributed by atoms with Crippen LogP contribution in [0.4, 0.5) is 15.9 Å². The van der Waals surface area contributed by atoms with E-state index in [1.165, 1.54) is 18.6 Å². The Morgan fingerprint density at radius 1 is 1.07 bits per heavy atom. The highest BCUT2D eigenvalue weighted by Gasteiger charge is 2.23. The Hall–Kier alpha value is -2.26. The van der Waals surface area contributed by atoms with Crippen molar-refractivity contribution in [2.45, 2.75) is 44.6 Å². The van der Waals surface area contributed by atoms with Crippen molar-refractivity contribution in [2.24, 2.45) is 0 Å². The minimum atomic E-state index is -3.58. The second-order valence-electron chi connectivity index (χ2n) is 7.89. The summed E-state index contributed by atoms with van der Waals surface area (Å²) in [6, 6.07) is 7.94. The molecule has 2 aliphatic heterocycles. The van der Waals surface area contributed by atoms with Crippen molar-refractivity contribution in [3.05, 3.63) is 36.1 Å². The van der Waals surface area contributed by atoms with Crippen LogP contribution in [0.1, 0.15) is 38.5 Å². The third-order valence-corrected chi connectivity index (χ3v) is 6.87. The Balaban J connectivity index is 1.49. The number of ether oxygens (including phenoxy) is 1. The number of hydrogen-bond acceptors (Lipinski definition) is 6. The minimum Gasteiger partial charge on any atom is -0.377 e. The molecule has 2 aliphatic rings. The van der Waals surface area contributed by atoms with E-state index in [1.54, 1.807) is 18.2 Å². The maximum Gasteiger partial charge on any atom is 0.236 e. The molecule has 1 unspecified atom stereocenters. The van der Waals surface area contributed by atoms with Crippen molar-refractivity contribution in [3.63, 3.8) is 0 Å². The number of benzene rings is 1. The second kappa shape index (κ2) is 9.26. The van der Waals surface area contributed by atoms with Gasteiger partial charge in [-0.15, -0.1) is 10.2 Å². The van der Waals surface area contributed by atoms with E-state index in [-0.39, 0.29) is 23.5 Å². The van der Waals surface area contributed by atoms with Gasteiger partial charge < -0.3 is 9.64 Å². The second-order valence-corrected chi connectivity index (χ2v) is 9.65. The molecule has 30 heavy (non-hydrogen) atoms. The number of nitrogens with zero attached hydrogens (tertiary/aromatic N) is 3. The van der Waals surface area contributed by atoms with Gasteiger partial charge in [0.1, 0.15) is 5.82 Å². The Bertz CT molecular complexity index is 957. The first-order chi connectivity index (χ1) is 14.5. The Morgan fingerprint density at radius 3 is 2.60 bits per heavy atom. The van der Waals surface area contributed by atoms with E-state index < -0.39 is 10.0 Å². The SMILES string of the molecule is O=S(=O)(CC1CCCCO1)Nc1ccc(-c2ccc(F)cc2N2CCCCC2)nn1. The largest absolute Gasteiger partial charge is 0.377 e. The molecular weight excluding hydrogens is 407 g/mol. The van der Waals surface area contributed by atoms with Crippen molar-refractivity contribution < 1.29 is 17.5 Å². The molecule has 0 aliphatic carbocycles. The van der Waals surface area contributed by atoms with Crippen LogP contribution in [0.25, 0.3) is 11.3 Å². The number of rotatable bonds is 6. The van der Waals surface area contributed by atoms with Crippen molar-refractivity contribution >= 4 is 21.5 Å². The molecule has 0 spiro atoms. The number of anilines is 2. The molecule has 2 saturated heterocycles. The summed E-state index contributed by atoms with van der Waals surface area (Å²) in [5, 5.41) is 8.26. The number of nitrogens with one attached hydrogen (secondary N) is 1. The lowest BCUT2D eigenvalue weighted by atomic mass is 10.0. The Kier molecular flexibility index (Phi) is 6.48. The third kappa shape index (κ3) is 5.26. The van der Waals surface area contributed by atoms with Crippen LogP contribution in [0.3, 0.4) is 0 Å². The normalized spacial score (nSPS) is 20.2. The topological polar surface area (TPSA) is 84.4 Å². The van der Waals surface area contributed by atoms with E-state index in [9.17, 15) is 12.8 Å². The fourth-order valence-electron chi connectivity index (χ4n) is 4.03. The summed E-state index contributed by atoms with van der Waals surface area (Å²) >= 11 is 0. The Morgan fingerprint density at radius 2 is 1.90 bits per heavy atom. The monoisotopic (exact) mass is 434 g/mol. The Labute approximate surface area is 176 Å². The quantitative estimate of drug-likeness (QED) is 0.748. The predicted molar refractivity (Wildman–Crippen MR) is 114 cm³/mol. The van der Waals surface area contributed by atoms with E-state index in [4.69, 9.17) is 4.74 Å². The molecular formula is C21H27FN4O3S. The molecule has 0 bridgehead atoms. The van der Waals surface area contributed by atoms with Gasteiger partial charge in [0, 0.05) is 30.9 Å². The molecule has 1 N–H and O–H groups in total. The fourth-order valence-corrected chi connectivity index (χ4v) is 5.30. The van der Waals surface area contributed by atoms with Gasteiger partial charge in [-0.1, -0.05) is 0 Å². The van der Waals surface area contributed by atoms with E-state index in [1.807, 2.05) is 0 Å². The number of aromatic nitrogens is 2. The lowest BCUT2D eigenvalue weighted by Gasteiger charge is -2.30. The number of sulfonamides is 1. The molecule has 1 aromatic heterocycles. The zero-order chi connectivity index (χ0) is 21.0. The summed E-state index contributed by atoms with van der Waals surface area (Å²) in [6.45, 7) is 2.36. The number of halogens is 1. The van der Waals surface area contributed by atoms with E-state index in [0.717, 1.165) is 56.4 Å². The first-order valence-electron chi connectivity index (χ1n) is 10.5. The van der Waals surface area contributed by atoms with Gasteiger partial charge in [0.15, 0.2) is 5.82 Å². The molecule has 7 nitrogen and oxygen atoms in total. The van der Waals surface area contributed by atoms with Crippen molar-refractivity contribution in [1.29, 1.82) is 0 Å². The lowest BCUT2D eigenvalue weighted by molar-refractivity contribution is 0.0306. The van der Waals surface area contributed by atoms with Gasteiger partial charge in [-0.05, 0) is 68.9 Å². The third-order valence-electron chi connectivity index (χ3n) is 5.54. The highest BCUT2D eigenvalue weighted by atomic mass is 32.2. The molecule has 3 heterocycles. The summed E-state index contributed by atoms with van der Waals surface area (Å²) in [5.74, 6) is -0.217. The zero-order valence-electron chi connectivity index (χ0n) is 16.9. The average molecular weight is 435 g/mol. The molecule has 1 aromatic carbocycles. The van der Waals surface area contributed by atoms with Gasteiger partial charge in [-0.2, -0.15) is 0 Å². The summed E-state index contributed by atoms with van der Waals surface area (Å²) in [5.41, 5.74) is 2.16. The predicted octanol–water partition coefficient (Wildman–Crippen LogP) is 3.58. The van der Waals surface area contributed by atoms with E-state index in [2.05, 4.69) is 19.8 Å². The van der Waals surface area contributed by atoms with Crippen molar-refractivity contribution in [1.82, 2.24) is 10.2 Å². The fraction of sp³-hybridized carbons (Fsp3) is 0.524. The van der Waals surface area contributed by atoms with Crippen LogP contribution < -0.4 is 9.62 Å². The van der Waals surface area contributed by atoms with Crippen LogP contribution in [0.2, 0.25) is 0 Å². The van der Waals surface area contributed by atoms with Gasteiger partial charge in [0.05, 0.1) is 17.6 Å². The molecule has 1 atom stereocenters. The van der Waals surface area contributed by atoms with Gasteiger partial charge in [0.25, 0.3) is 0 Å². The average Bonchev–Trinajstić information content (AvgIpc) is 2.75. The molecule has 2 aromatic rings. The standard InChI is InChI=1S/C21H27FN4O3S/c22-16-7-8-18(20(14-16)26-11-3-1-4-12-26)19-9-10-21(24-23-19)25-30(27,28)15-17-6-2-5-13-29-17/h7-10,14,17H,1-6,11-13,15H2,(H,24,25). The number of hydrogen-bond donors (Lipinski definition) is 1. The summed E-state index contributed by atoms with van der Waals surface area (Å²) in [4.78, 5) is 2.17. The highest BCUT2D eigenvalue weighted by molar-refractivity contribution is 7.92. The zero-order valence-corrected chi connectivity index (χ0v) is 17.7. The van der Waals surface area contributed by atoms with E-state index in [0.29, 0.717) is 12.3 Å². The molecule has 4 rings (SSSR count). The van der Waals surface area contributed by atoms with Gasteiger partial charge in [-0.3, -0.25) is 4.72 Å². The van der Waals surface area contributed by atoms with Crippen LogP contribution in [-0.2, 0) is 14.8 Å².